The van der Waals surface area contributed by atoms with Crippen LogP contribution in [0.25, 0.3) is 0 Å². The smallest absolute Gasteiger partial charge is 0.194 e. The fourth-order valence-electron chi connectivity index (χ4n) is 1.76. The van der Waals surface area contributed by atoms with E-state index < -0.39 is 17.5 Å². The van der Waals surface area contributed by atoms with E-state index in [9.17, 15) is 13.2 Å². The molecule has 1 aliphatic heterocycles. The molecular formula is C10H10F3N. The summed E-state index contributed by atoms with van der Waals surface area (Å²) in [5.74, 6) is -3.58. The molecule has 4 heteroatoms. The van der Waals surface area contributed by atoms with Crippen molar-refractivity contribution in [2.24, 2.45) is 0 Å². The fourth-order valence-corrected chi connectivity index (χ4v) is 1.76. The van der Waals surface area contributed by atoms with Gasteiger partial charge in [-0.3, -0.25) is 0 Å². The van der Waals surface area contributed by atoms with Crippen molar-refractivity contribution in [3.63, 3.8) is 0 Å². The minimum Gasteiger partial charge on any atom is -0.310 e. The van der Waals surface area contributed by atoms with Gasteiger partial charge in [0.05, 0.1) is 0 Å². The van der Waals surface area contributed by atoms with E-state index in [-0.39, 0.29) is 11.6 Å². The van der Waals surface area contributed by atoms with Gasteiger partial charge in [0.2, 0.25) is 0 Å². The van der Waals surface area contributed by atoms with Crippen molar-refractivity contribution >= 4 is 0 Å². The third-order valence-electron chi connectivity index (χ3n) is 2.50. The molecule has 1 saturated heterocycles. The molecule has 1 atom stereocenters. The lowest BCUT2D eigenvalue weighted by molar-refractivity contribution is 0.432. The topological polar surface area (TPSA) is 12.0 Å². The van der Waals surface area contributed by atoms with E-state index in [1.165, 1.54) is 6.07 Å². The maximum absolute atomic E-state index is 13.3. The largest absolute Gasteiger partial charge is 0.310 e. The Balaban J connectivity index is 2.38. The van der Waals surface area contributed by atoms with E-state index in [1.807, 2.05) is 0 Å². The maximum atomic E-state index is 13.3. The lowest BCUT2D eigenvalue weighted by Crippen LogP contribution is -2.15. The zero-order valence-corrected chi connectivity index (χ0v) is 7.49. The Kier molecular flexibility index (Phi) is 2.46. The summed E-state index contributed by atoms with van der Waals surface area (Å²) in [6.07, 6.45) is 1.70. The summed E-state index contributed by atoms with van der Waals surface area (Å²) in [4.78, 5) is 0. The zero-order chi connectivity index (χ0) is 10.1. The Morgan fingerprint density at radius 1 is 1.14 bits per heavy atom. The summed E-state index contributed by atoms with van der Waals surface area (Å²) in [6, 6.07) is 2.09. The molecule has 0 aliphatic carbocycles. The number of rotatable bonds is 1. The maximum Gasteiger partial charge on any atom is 0.194 e. The Hall–Kier alpha value is -1.03. The summed E-state index contributed by atoms with van der Waals surface area (Å²) in [5.41, 5.74) is 0.224. The Morgan fingerprint density at radius 2 is 1.93 bits per heavy atom. The Bertz CT molecular complexity index is 345. The van der Waals surface area contributed by atoms with E-state index >= 15 is 0 Å². The van der Waals surface area contributed by atoms with Crippen LogP contribution in [-0.4, -0.2) is 6.54 Å². The van der Waals surface area contributed by atoms with Gasteiger partial charge in [-0.25, -0.2) is 13.2 Å². The molecule has 1 nitrogen and oxygen atoms in total. The third kappa shape index (κ3) is 1.50. The number of hydrogen-bond donors (Lipinski definition) is 1. The highest BCUT2D eigenvalue weighted by Crippen LogP contribution is 2.27. The van der Waals surface area contributed by atoms with Gasteiger partial charge in [-0.15, -0.1) is 0 Å². The molecule has 1 aromatic rings. The minimum atomic E-state index is -1.38. The van der Waals surface area contributed by atoms with Crippen molar-refractivity contribution in [3.05, 3.63) is 35.1 Å². The third-order valence-corrected chi connectivity index (χ3v) is 2.50. The normalized spacial score (nSPS) is 21.5. The molecule has 2 rings (SSSR count). The van der Waals surface area contributed by atoms with Gasteiger partial charge in [-0.1, -0.05) is 6.07 Å². The second-order valence-electron chi connectivity index (χ2n) is 3.41. The summed E-state index contributed by atoms with van der Waals surface area (Å²) in [6.45, 7) is 0.795. The van der Waals surface area contributed by atoms with E-state index in [0.717, 1.165) is 25.5 Å². The number of nitrogens with one attached hydrogen (secondary N) is 1. The van der Waals surface area contributed by atoms with Crippen molar-refractivity contribution in [1.82, 2.24) is 5.32 Å². The standard InChI is InChI=1S/C10H10F3N/c11-7-4-3-6(9(12)10(7)13)8-2-1-5-14-8/h3-4,8,14H,1-2,5H2. The van der Waals surface area contributed by atoms with Crippen LogP contribution >= 0.6 is 0 Å². The Morgan fingerprint density at radius 3 is 2.57 bits per heavy atom. The predicted molar refractivity (Wildman–Crippen MR) is 46.3 cm³/mol. The van der Waals surface area contributed by atoms with Crippen molar-refractivity contribution in [1.29, 1.82) is 0 Å². The van der Waals surface area contributed by atoms with E-state index in [1.54, 1.807) is 0 Å². The first-order valence-electron chi connectivity index (χ1n) is 4.57. The first-order valence-corrected chi connectivity index (χ1v) is 4.57. The number of hydrogen-bond acceptors (Lipinski definition) is 1. The van der Waals surface area contributed by atoms with Crippen LogP contribution in [0, 0.1) is 17.5 Å². The molecule has 0 spiro atoms. The molecule has 14 heavy (non-hydrogen) atoms. The molecule has 0 radical (unpaired) electrons. The van der Waals surface area contributed by atoms with Crippen LogP contribution in [0.5, 0.6) is 0 Å². The molecule has 0 aromatic heterocycles. The summed E-state index contributed by atoms with van der Waals surface area (Å²) >= 11 is 0. The molecule has 76 valence electrons. The van der Waals surface area contributed by atoms with E-state index in [4.69, 9.17) is 0 Å². The van der Waals surface area contributed by atoms with Gasteiger partial charge < -0.3 is 5.32 Å². The second kappa shape index (κ2) is 3.61. The Labute approximate surface area is 79.9 Å². The van der Waals surface area contributed by atoms with Crippen LogP contribution in [-0.2, 0) is 0 Å². The molecule has 0 saturated carbocycles. The molecular weight excluding hydrogens is 191 g/mol. The van der Waals surface area contributed by atoms with Crippen LogP contribution < -0.4 is 5.32 Å². The predicted octanol–water partition coefficient (Wildman–Crippen LogP) is 2.53. The molecule has 1 heterocycles. The first kappa shape index (κ1) is 9.52. The van der Waals surface area contributed by atoms with Gasteiger partial charge in [0, 0.05) is 11.6 Å². The number of benzene rings is 1. The summed E-state index contributed by atoms with van der Waals surface area (Å²) in [7, 11) is 0. The quantitative estimate of drug-likeness (QED) is 0.688. The van der Waals surface area contributed by atoms with Crippen molar-refractivity contribution < 1.29 is 13.2 Å². The van der Waals surface area contributed by atoms with Crippen molar-refractivity contribution in [3.8, 4) is 0 Å². The molecule has 1 N–H and O–H groups in total. The van der Waals surface area contributed by atoms with Crippen LogP contribution in [0.4, 0.5) is 13.2 Å². The minimum absolute atomic E-state index is 0.176. The van der Waals surface area contributed by atoms with Gasteiger partial charge in [0.15, 0.2) is 17.5 Å². The molecule has 0 amide bonds. The van der Waals surface area contributed by atoms with E-state index in [0.29, 0.717) is 0 Å². The summed E-state index contributed by atoms with van der Waals surface area (Å²) < 4.78 is 38.7. The van der Waals surface area contributed by atoms with Crippen LogP contribution in [0.1, 0.15) is 24.4 Å². The van der Waals surface area contributed by atoms with Crippen LogP contribution in [0.2, 0.25) is 0 Å². The molecule has 0 bridgehead atoms. The SMILES string of the molecule is Fc1ccc(C2CCCN2)c(F)c1F. The van der Waals surface area contributed by atoms with Gasteiger partial charge in [0.25, 0.3) is 0 Å². The van der Waals surface area contributed by atoms with Gasteiger partial charge in [-0.2, -0.15) is 0 Å². The van der Waals surface area contributed by atoms with Gasteiger partial charge in [0.1, 0.15) is 0 Å². The first-order chi connectivity index (χ1) is 6.70. The monoisotopic (exact) mass is 201 g/mol. The van der Waals surface area contributed by atoms with E-state index in [2.05, 4.69) is 5.32 Å². The second-order valence-corrected chi connectivity index (χ2v) is 3.41. The van der Waals surface area contributed by atoms with Gasteiger partial charge >= 0.3 is 0 Å². The highest BCUT2D eigenvalue weighted by Gasteiger charge is 2.22. The van der Waals surface area contributed by atoms with Crippen LogP contribution in [0.3, 0.4) is 0 Å². The fraction of sp³-hybridized carbons (Fsp3) is 0.400. The highest BCUT2D eigenvalue weighted by atomic mass is 19.2. The van der Waals surface area contributed by atoms with Crippen LogP contribution in [0.15, 0.2) is 12.1 Å². The molecule has 1 aliphatic rings. The highest BCUT2D eigenvalue weighted by molar-refractivity contribution is 5.24. The lowest BCUT2D eigenvalue weighted by Gasteiger charge is -2.11. The van der Waals surface area contributed by atoms with Crippen molar-refractivity contribution in [2.75, 3.05) is 6.54 Å². The zero-order valence-electron chi connectivity index (χ0n) is 7.49. The molecule has 1 unspecified atom stereocenters. The molecule has 1 aromatic carbocycles. The van der Waals surface area contributed by atoms with Crippen molar-refractivity contribution in [2.45, 2.75) is 18.9 Å². The summed E-state index contributed by atoms with van der Waals surface area (Å²) in [5, 5.41) is 3.03. The van der Waals surface area contributed by atoms with Gasteiger partial charge in [-0.05, 0) is 25.5 Å². The number of halogens is 3. The average Bonchev–Trinajstić information content (AvgIpc) is 2.67. The molecule has 1 fully saturated rings. The lowest BCUT2D eigenvalue weighted by atomic mass is 10.0. The average molecular weight is 201 g/mol.